The predicted molar refractivity (Wildman–Crippen MR) is 65.5 cm³/mol. The van der Waals surface area contributed by atoms with E-state index in [0.29, 0.717) is 6.04 Å². The molecule has 2 rings (SSSR count). The third-order valence-corrected chi connectivity index (χ3v) is 2.77. The molecule has 0 radical (unpaired) electrons. The van der Waals surface area contributed by atoms with Crippen LogP contribution >= 0.6 is 0 Å². The number of aryl methyl sites for hydroxylation is 2. The van der Waals surface area contributed by atoms with Gasteiger partial charge in [-0.25, -0.2) is 4.79 Å². The van der Waals surface area contributed by atoms with Crippen LogP contribution < -0.4 is 16.4 Å². The molecule has 1 saturated carbocycles. The third-order valence-electron chi connectivity index (χ3n) is 2.77. The zero-order valence-corrected chi connectivity index (χ0v) is 9.63. The van der Waals surface area contributed by atoms with Crippen molar-refractivity contribution in [3.05, 3.63) is 23.3 Å². The number of urea groups is 1. The average Bonchev–Trinajstić information content (AvgIpc) is 2.98. The molecule has 16 heavy (non-hydrogen) atoms. The highest BCUT2D eigenvalue weighted by molar-refractivity contribution is 5.91. The van der Waals surface area contributed by atoms with Gasteiger partial charge >= 0.3 is 6.03 Å². The van der Waals surface area contributed by atoms with Gasteiger partial charge in [0.15, 0.2) is 0 Å². The minimum Gasteiger partial charge on any atom is -0.399 e. The number of carbonyl (C=O) groups is 1. The number of nitrogen functional groups attached to an aromatic ring is 1. The molecule has 1 aromatic carbocycles. The molecule has 4 heteroatoms. The standard InChI is InChI=1S/C12H17N3O/c1-7-6-11(8(2)5-10(7)13)15-12(16)14-9-3-4-9/h5-6,9H,3-4,13H2,1-2H3,(H2,14,15,16). The Balaban J connectivity index is 2.07. The SMILES string of the molecule is Cc1cc(NC(=O)NC2CC2)c(C)cc1N. The molecule has 2 amide bonds. The van der Waals surface area contributed by atoms with E-state index in [1.54, 1.807) is 0 Å². The van der Waals surface area contributed by atoms with Crippen molar-refractivity contribution in [2.45, 2.75) is 32.7 Å². The number of amides is 2. The molecule has 0 bridgehead atoms. The molecule has 1 fully saturated rings. The first kappa shape index (κ1) is 10.8. The maximum absolute atomic E-state index is 11.6. The van der Waals surface area contributed by atoms with E-state index >= 15 is 0 Å². The van der Waals surface area contributed by atoms with Gasteiger partial charge < -0.3 is 16.4 Å². The van der Waals surface area contributed by atoms with Crippen LogP contribution in [0.25, 0.3) is 0 Å². The van der Waals surface area contributed by atoms with Gasteiger partial charge in [0.1, 0.15) is 0 Å². The number of nitrogens with two attached hydrogens (primary N) is 1. The number of hydrogen-bond acceptors (Lipinski definition) is 2. The van der Waals surface area contributed by atoms with E-state index in [2.05, 4.69) is 10.6 Å². The van der Waals surface area contributed by atoms with E-state index in [4.69, 9.17) is 5.73 Å². The van der Waals surface area contributed by atoms with Gasteiger partial charge in [-0.2, -0.15) is 0 Å². The Hall–Kier alpha value is -1.71. The molecule has 0 spiro atoms. The lowest BCUT2D eigenvalue weighted by Crippen LogP contribution is -2.30. The molecule has 1 aromatic rings. The summed E-state index contributed by atoms with van der Waals surface area (Å²) in [6, 6.07) is 4.02. The molecule has 4 N–H and O–H groups in total. The van der Waals surface area contributed by atoms with Crippen LogP contribution in [-0.4, -0.2) is 12.1 Å². The van der Waals surface area contributed by atoms with E-state index in [0.717, 1.165) is 35.3 Å². The second kappa shape index (κ2) is 4.04. The number of rotatable bonds is 2. The summed E-state index contributed by atoms with van der Waals surface area (Å²) in [6.45, 7) is 3.86. The largest absolute Gasteiger partial charge is 0.399 e. The molecule has 0 heterocycles. The second-order valence-electron chi connectivity index (χ2n) is 4.40. The van der Waals surface area contributed by atoms with Gasteiger partial charge in [-0.05, 0) is 49.9 Å². The van der Waals surface area contributed by atoms with Crippen LogP contribution in [0, 0.1) is 13.8 Å². The minimum absolute atomic E-state index is 0.130. The molecular weight excluding hydrogens is 202 g/mol. The van der Waals surface area contributed by atoms with E-state index in [9.17, 15) is 4.79 Å². The number of anilines is 2. The van der Waals surface area contributed by atoms with Crippen molar-refractivity contribution in [2.24, 2.45) is 0 Å². The van der Waals surface area contributed by atoms with Crippen molar-refractivity contribution in [3.8, 4) is 0 Å². The molecule has 0 aliphatic heterocycles. The first-order valence-electron chi connectivity index (χ1n) is 5.50. The summed E-state index contributed by atoms with van der Waals surface area (Å²) in [4.78, 5) is 11.6. The van der Waals surface area contributed by atoms with Gasteiger partial charge in [-0.15, -0.1) is 0 Å². The number of nitrogens with one attached hydrogen (secondary N) is 2. The molecule has 1 aliphatic carbocycles. The smallest absolute Gasteiger partial charge is 0.319 e. The lowest BCUT2D eigenvalue weighted by molar-refractivity contribution is 0.251. The Labute approximate surface area is 95.2 Å². The monoisotopic (exact) mass is 219 g/mol. The quantitative estimate of drug-likeness (QED) is 0.667. The number of benzene rings is 1. The molecule has 86 valence electrons. The van der Waals surface area contributed by atoms with Crippen molar-refractivity contribution in [1.29, 1.82) is 0 Å². The zero-order valence-electron chi connectivity index (χ0n) is 9.63. The summed E-state index contributed by atoms with van der Waals surface area (Å²) < 4.78 is 0. The maximum Gasteiger partial charge on any atom is 0.319 e. The van der Waals surface area contributed by atoms with E-state index in [-0.39, 0.29) is 6.03 Å². The average molecular weight is 219 g/mol. The van der Waals surface area contributed by atoms with Gasteiger partial charge in [0, 0.05) is 17.4 Å². The van der Waals surface area contributed by atoms with Gasteiger partial charge in [-0.1, -0.05) is 0 Å². The first-order valence-corrected chi connectivity index (χ1v) is 5.50. The predicted octanol–water partition coefficient (Wildman–Crippen LogP) is 2.17. The normalized spacial score (nSPS) is 14.6. The molecule has 1 aliphatic rings. The summed E-state index contributed by atoms with van der Waals surface area (Å²) in [5.41, 5.74) is 9.32. The maximum atomic E-state index is 11.6. The lowest BCUT2D eigenvalue weighted by Gasteiger charge is -2.11. The van der Waals surface area contributed by atoms with Crippen LogP contribution in [0.15, 0.2) is 12.1 Å². The minimum atomic E-state index is -0.130. The first-order chi connectivity index (χ1) is 7.56. The molecule has 0 saturated heterocycles. The van der Waals surface area contributed by atoms with Crippen molar-refractivity contribution >= 4 is 17.4 Å². The van der Waals surface area contributed by atoms with Crippen LogP contribution in [0.5, 0.6) is 0 Å². The van der Waals surface area contributed by atoms with Crippen molar-refractivity contribution < 1.29 is 4.79 Å². The van der Waals surface area contributed by atoms with Crippen molar-refractivity contribution in [1.82, 2.24) is 5.32 Å². The summed E-state index contributed by atoms with van der Waals surface area (Å²) in [5.74, 6) is 0. The molecule has 0 unspecified atom stereocenters. The number of carbonyl (C=O) groups excluding carboxylic acids is 1. The Kier molecular flexibility index (Phi) is 2.73. The lowest BCUT2D eigenvalue weighted by atomic mass is 10.1. The van der Waals surface area contributed by atoms with Crippen LogP contribution in [-0.2, 0) is 0 Å². The van der Waals surface area contributed by atoms with Gasteiger partial charge in [-0.3, -0.25) is 0 Å². The fourth-order valence-electron chi connectivity index (χ4n) is 1.54. The molecule has 0 aromatic heterocycles. The Morgan fingerprint density at radius 2 is 2.00 bits per heavy atom. The highest BCUT2D eigenvalue weighted by Gasteiger charge is 2.23. The topological polar surface area (TPSA) is 67.2 Å². The summed E-state index contributed by atoms with van der Waals surface area (Å²) in [7, 11) is 0. The summed E-state index contributed by atoms with van der Waals surface area (Å²) in [6.07, 6.45) is 2.18. The highest BCUT2D eigenvalue weighted by atomic mass is 16.2. The molecule has 4 nitrogen and oxygen atoms in total. The van der Waals surface area contributed by atoms with Crippen LogP contribution in [0.3, 0.4) is 0 Å². The van der Waals surface area contributed by atoms with E-state index < -0.39 is 0 Å². The van der Waals surface area contributed by atoms with Crippen molar-refractivity contribution in [3.63, 3.8) is 0 Å². The van der Waals surface area contributed by atoms with Gasteiger partial charge in [0.05, 0.1) is 0 Å². The van der Waals surface area contributed by atoms with Gasteiger partial charge in [0.2, 0.25) is 0 Å². The fourth-order valence-corrected chi connectivity index (χ4v) is 1.54. The molecule has 0 atom stereocenters. The second-order valence-corrected chi connectivity index (χ2v) is 4.40. The van der Waals surface area contributed by atoms with Crippen LogP contribution in [0.2, 0.25) is 0 Å². The molecular formula is C12H17N3O. The number of hydrogen-bond donors (Lipinski definition) is 3. The van der Waals surface area contributed by atoms with E-state index in [1.165, 1.54) is 0 Å². The van der Waals surface area contributed by atoms with Crippen molar-refractivity contribution in [2.75, 3.05) is 11.1 Å². The fraction of sp³-hybridized carbons (Fsp3) is 0.417. The van der Waals surface area contributed by atoms with Crippen LogP contribution in [0.4, 0.5) is 16.2 Å². The Bertz CT molecular complexity index is 425. The van der Waals surface area contributed by atoms with Crippen LogP contribution in [0.1, 0.15) is 24.0 Å². The summed E-state index contributed by atoms with van der Waals surface area (Å²) in [5, 5.41) is 5.73. The highest BCUT2D eigenvalue weighted by Crippen LogP contribution is 2.23. The Morgan fingerprint density at radius 1 is 1.31 bits per heavy atom. The van der Waals surface area contributed by atoms with E-state index in [1.807, 2.05) is 26.0 Å². The zero-order chi connectivity index (χ0) is 11.7. The third kappa shape index (κ3) is 2.45. The Morgan fingerprint density at radius 3 is 2.62 bits per heavy atom. The van der Waals surface area contributed by atoms with Gasteiger partial charge in [0.25, 0.3) is 0 Å². The summed E-state index contributed by atoms with van der Waals surface area (Å²) >= 11 is 0.